The van der Waals surface area contributed by atoms with Gasteiger partial charge in [-0.3, -0.25) is 34.2 Å². The van der Waals surface area contributed by atoms with Gasteiger partial charge in [0.2, 0.25) is 17.7 Å². The molecule has 9 nitrogen and oxygen atoms in total. The summed E-state index contributed by atoms with van der Waals surface area (Å²) in [5, 5.41) is 11.1. The maximum absolute atomic E-state index is 12.8. The smallest absolute Gasteiger partial charge is 0.278 e. The molecule has 4 rings (SSSR count). The lowest BCUT2D eigenvalue weighted by molar-refractivity contribution is -0.136. The van der Waals surface area contributed by atoms with Crippen molar-refractivity contribution < 1.29 is 24.0 Å². The predicted octanol–water partition coefficient (Wildman–Crippen LogP) is -0.00802. The molecule has 2 fully saturated rings. The molecule has 3 aliphatic heterocycles. The maximum Gasteiger partial charge on any atom is 0.278 e. The summed E-state index contributed by atoms with van der Waals surface area (Å²) in [4.78, 5) is 63.7. The Morgan fingerprint density at radius 3 is 2.54 bits per heavy atom. The molecule has 0 bridgehead atoms. The highest BCUT2D eigenvalue weighted by Gasteiger charge is 2.45. The maximum atomic E-state index is 12.8. The highest BCUT2D eigenvalue weighted by molar-refractivity contribution is 6.71. The Morgan fingerprint density at radius 1 is 1.11 bits per heavy atom. The highest BCUT2D eigenvalue weighted by atomic mass is 16.2. The van der Waals surface area contributed by atoms with Crippen LogP contribution in [0.4, 0.5) is 5.69 Å². The number of amides is 5. The normalized spacial score (nSPS) is 22.3. The molecule has 28 heavy (non-hydrogen) atoms. The van der Waals surface area contributed by atoms with E-state index in [-0.39, 0.29) is 42.9 Å². The second kappa shape index (κ2) is 6.60. The van der Waals surface area contributed by atoms with E-state index in [4.69, 9.17) is 5.26 Å². The number of rotatable bonds is 2. The molecule has 0 saturated carbocycles. The summed E-state index contributed by atoms with van der Waals surface area (Å²) in [6, 6.07) is 3.51. The lowest BCUT2D eigenvalue weighted by Crippen LogP contribution is -2.54. The molecule has 3 aliphatic rings. The summed E-state index contributed by atoms with van der Waals surface area (Å²) in [5.74, 6) is -0.417. The van der Waals surface area contributed by atoms with Crippen LogP contribution < -0.4 is 10.2 Å². The van der Waals surface area contributed by atoms with Crippen molar-refractivity contribution in [3.05, 3.63) is 29.3 Å². The van der Waals surface area contributed by atoms with Crippen LogP contribution in [0.1, 0.15) is 33.6 Å². The van der Waals surface area contributed by atoms with Crippen LogP contribution in [0.5, 0.6) is 0 Å². The average Bonchev–Trinajstić information content (AvgIpc) is 2.92. The zero-order valence-electron chi connectivity index (χ0n) is 14.8. The van der Waals surface area contributed by atoms with Crippen LogP contribution in [0.25, 0.3) is 0 Å². The molecule has 1 unspecified atom stereocenters. The quantitative estimate of drug-likeness (QED) is 0.570. The van der Waals surface area contributed by atoms with Crippen LogP contribution in [0.2, 0.25) is 12.6 Å². The molecule has 5 amide bonds. The minimum Gasteiger partial charge on any atom is -0.314 e. The van der Waals surface area contributed by atoms with Gasteiger partial charge in [-0.1, -0.05) is 0 Å². The molecule has 0 aliphatic carbocycles. The number of hydrogen-bond acceptors (Lipinski definition) is 6. The van der Waals surface area contributed by atoms with E-state index in [1.807, 2.05) is 0 Å². The van der Waals surface area contributed by atoms with Gasteiger partial charge in [-0.15, -0.1) is 0 Å². The number of nitriles is 1. The number of hydrogen-bond donors (Lipinski definition) is 1. The van der Waals surface area contributed by atoms with Crippen molar-refractivity contribution in [1.82, 2.24) is 10.2 Å². The van der Waals surface area contributed by atoms with Crippen molar-refractivity contribution in [2.24, 2.45) is 0 Å². The summed E-state index contributed by atoms with van der Waals surface area (Å²) in [6.07, 6.45) is 0.790. The topological polar surface area (TPSA) is 128 Å². The van der Waals surface area contributed by atoms with E-state index in [1.54, 1.807) is 6.07 Å². The minimum atomic E-state index is -1.03. The predicted molar refractivity (Wildman–Crippen MR) is 96.4 cm³/mol. The number of nitrogens with one attached hydrogen (secondary N) is 1. The first-order chi connectivity index (χ1) is 13.4. The molecule has 1 aromatic rings. The van der Waals surface area contributed by atoms with Gasteiger partial charge >= 0.3 is 0 Å². The van der Waals surface area contributed by atoms with Crippen molar-refractivity contribution in [2.75, 3.05) is 11.4 Å². The molecular weight excluding hydrogens is 363 g/mol. The Kier molecular flexibility index (Phi) is 4.22. The van der Waals surface area contributed by atoms with Crippen LogP contribution in [0.15, 0.2) is 18.2 Å². The van der Waals surface area contributed by atoms with E-state index in [0.29, 0.717) is 18.6 Å². The first-order valence-corrected chi connectivity index (χ1v) is 8.96. The first-order valence-electron chi connectivity index (χ1n) is 8.96. The van der Waals surface area contributed by atoms with Crippen LogP contribution in [0.3, 0.4) is 0 Å². The molecule has 1 aromatic carbocycles. The Balaban J connectivity index is 1.61. The number of benzene rings is 1. The zero-order chi connectivity index (χ0) is 20.0. The molecule has 10 heteroatoms. The largest absolute Gasteiger partial charge is 0.314 e. The Labute approximate surface area is 160 Å². The first kappa shape index (κ1) is 17.9. The summed E-state index contributed by atoms with van der Waals surface area (Å²) in [7, 11) is 0. The third-order valence-electron chi connectivity index (χ3n) is 5.34. The monoisotopic (exact) mass is 378 g/mol. The fourth-order valence-electron chi connectivity index (χ4n) is 3.84. The molecule has 0 radical (unpaired) electrons. The minimum absolute atomic E-state index is 0.0530. The lowest BCUT2D eigenvalue weighted by atomic mass is 9.45. The van der Waals surface area contributed by atoms with Gasteiger partial charge in [-0.05, 0) is 30.9 Å². The Bertz CT molecular complexity index is 985. The highest BCUT2D eigenvalue weighted by Crippen LogP contribution is 2.31. The molecule has 1 N–H and O–H groups in total. The molecule has 140 valence electrons. The van der Waals surface area contributed by atoms with E-state index >= 15 is 0 Å². The molecule has 3 heterocycles. The third kappa shape index (κ3) is 2.76. The van der Waals surface area contributed by atoms with E-state index in [2.05, 4.69) is 11.3 Å². The van der Waals surface area contributed by atoms with Crippen LogP contribution in [-0.4, -0.2) is 53.7 Å². The van der Waals surface area contributed by atoms with E-state index in [0.717, 1.165) is 4.90 Å². The van der Waals surface area contributed by atoms with Gasteiger partial charge in [0.25, 0.3) is 18.5 Å². The van der Waals surface area contributed by atoms with Crippen LogP contribution in [0, 0.1) is 11.2 Å². The van der Waals surface area contributed by atoms with Crippen molar-refractivity contribution in [3.63, 3.8) is 0 Å². The average molecular weight is 378 g/mol. The SMILES string of the molecule is N#CB1CCN(c2ccc3c(c2)C(=O)N(C2CCC(=O)NC2=O)C3=O)C(=O)C1. The van der Waals surface area contributed by atoms with Gasteiger partial charge < -0.3 is 4.90 Å². The van der Waals surface area contributed by atoms with E-state index in [1.165, 1.54) is 17.0 Å². The van der Waals surface area contributed by atoms with Gasteiger partial charge in [0.15, 0.2) is 0 Å². The van der Waals surface area contributed by atoms with E-state index in [9.17, 15) is 24.0 Å². The van der Waals surface area contributed by atoms with Gasteiger partial charge in [0.1, 0.15) is 6.04 Å². The lowest BCUT2D eigenvalue weighted by Gasteiger charge is -2.28. The fraction of sp³-hybridized carbons (Fsp3) is 0.333. The number of anilines is 1. The van der Waals surface area contributed by atoms with Crippen molar-refractivity contribution in [1.29, 1.82) is 5.26 Å². The van der Waals surface area contributed by atoms with Gasteiger partial charge in [0.05, 0.1) is 11.1 Å². The summed E-state index contributed by atoms with van der Waals surface area (Å²) in [6.45, 7) is 0.0406. The van der Waals surface area contributed by atoms with Crippen LogP contribution >= 0.6 is 0 Å². The Morgan fingerprint density at radius 2 is 1.86 bits per heavy atom. The summed E-state index contributed by atoms with van der Waals surface area (Å²) >= 11 is 0. The number of nitrogens with zero attached hydrogens (tertiary/aromatic N) is 3. The van der Waals surface area contributed by atoms with Crippen molar-refractivity contribution in [3.8, 4) is 5.97 Å². The van der Waals surface area contributed by atoms with Gasteiger partial charge in [-0.25, -0.2) is 5.26 Å². The molecule has 1 atom stereocenters. The summed E-state index contributed by atoms with van der Waals surface area (Å²) in [5.41, 5.74) is 0.770. The number of carbonyl (C=O) groups is 5. The van der Waals surface area contributed by atoms with Crippen molar-refractivity contribution in [2.45, 2.75) is 31.5 Å². The zero-order valence-corrected chi connectivity index (χ0v) is 14.8. The van der Waals surface area contributed by atoms with Crippen molar-refractivity contribution >= 4 is 41.9 Å². The van der Waals surface area contributed by atoms with E-state index < -0.39 is 29.7 Å². The Hall–Kier alpha value is -3.48. The second-order valence-electron chi connectivity index (χ2n) is 7.04. The molecule has 2 saturated heterocycles. The standard InChI is InChI=1S/C18H15BN4O5/c20-9-19-5-6-22(15(25)8-19)10-1-2-11-12(7-10)18(28)23(17(11)27)13-3-4-14(24)21-16(13)26/h1-2,7,13H,3-6,8H2,(H,21,24,26). The van der Waals surface area contributed by atoms with Crippen LogP contribution in [-0.2, 0) is 14.4 Å². The fourth-order valence-corrected chi connectivity index (χ4v) is 3.84. The number of carbonyl (C=O) groups excluding carboxylic acids is 5. The molecule has 0 aromatic heterocycles. The number of imide groups is 2. The number of piperidine rings is 1. The molecular formula is C18H15BN4O5. The second-order valence-corrected chi connectivity index (χ2v) is 7.04. The van der Waals surface area contributed by atoms with Gasteiger partial charge in [0, 0.05) is 30.9 Å². The van der Waals surface area contributed by atoms with Gasteiger partial charge in [-0.2, -0.15) is 0 Å². The summed E-state index contributed by atoms with van der Waals surface area (Å²) < 4.78 is 0. The third-order valence-corrected chi connectivity index (χ3v) is 5.34. The molecule has 0 spiro atoms. The number of fused-ring (bicyclic) bond motifs is 1.